The number of anilines is 1. The van der Waals surface area contributed by atoms with Crippen molar-refractivity contribution >= 4 is 45.9 Å². The second-order valence-corrected chi connectivity index (χ2v) is 7.46. The Morgan fingerprint density at radius 1 is 1.03 bits per heavy atom. The van der Waals surface area contributed by atoms with Gasteiger partial charge in [-0.25, -0.2) is 4.79 Å². The van der Waals surface area contributed by atoms with E-state index in [2.05, 4.69) is 10.6 Å². The van der Waals surface area contributed by atoms with E-state index in [4.69, 9.17) is 11.6 Å². The van der Waals surface area contributed by atoms with Crippen LogP contribution in [-0.4, -0.2) is 29.3 Å². The van der Waals surface area contributed by atoms with Crippen LogP contribution in [0.3, 0.4) is 0 Å². The molecule has 0 spiro atoms. The van der Waals surface area contributed by atoms with Crippen LogP contribution in [0, 0.1) is 0 Å². The standard InChI is InChI=1S/C22H18ClN3O3/c1-22(15-9-11-16(23)12-10-15)20(28)26(21(29)25-22)13-19(27)24-18-8-4-6-14-5-2-3-7-17(14)18/h2-12H,13H2,1H3,(H,24,27)(H,25,29)/t22-/m1/s1. The maximum atomic E-state index is 13.0. The number of amides is 4. The van der Waals surface area contributed by atoms with E-state index in [1.807, 2.05) is 36.4 Å². The largest absolute Gasteiger partial charge is 0.325 e. The van der Waals surface area contributed by atoms with E-state index in [0.29, 0.717) is 16.3 Å². The van der Waals surface area contributed by atoms with Gasteiger partial charge >= 0.3 is 6.03 Å². The minimum Gasteiger partial charge on any atom is -0.324 e. The Hall–Kier alpha value is -3.38. The lowest BCUT2D eigenvalue weighted by molar-refractivity contribution is -0.133. The molecule has 0 aromatic heterocycles. The maximum absolute atomic E-state index is 13.0. The smallest absolute Gasteiger partial charge is 0.324 e. The zero-order valence-electron chi connectivity index (χ0n) is 15.6. The molecule has 3 aromatic rings. The van der Waals surface area contributed by atoms with E-state index in [0.717, 1.165) is 15.7 Å². The van der Waals surface area contributed by atoms with Crippen molar-refractivity contribution < 1.29 is 14.4 Å². The fraction of sp³-hybridized carbons (Fsp3) is 0.136. The molecule has 0 aliphatic carbocycles. The van der Waals surface area contributed by atoms with Gasteiger partial charge in [0.2, 0.25) is 5.91 Å². The van der Waals surface area contributed by atoms with E-state index in [-0.39, 0.29) is 6.54 Å². The summed E-state index contributed by atoms with van der Waals surface area (Å²) in [4.78, 5) is 38.9. The molecule has 0 bridgehead atoms. The third-order valence-electron chi connectivity index (χ3n) is 5.06. The summed E-state index contributed by atoms with van der Waals surface area (Å²) in [6.07, 6.45) is 0. The lowest BCUT2D eigenvalue weighted by Crippen LogP contribution is -2.42. The maximum Gasteiger partial charge on any atom is 0.325 e. The van der Waals surface area contributed by atoms with Crippen LogP contribution in [0.1, 0.15) is 12.5 Å². The molecule has 0 radical (unpaired) electrons. The number of hydrogen-bond acceptors (Lipinski definition) is 3. The Morgan fingerprint density at radius 3 is 2.48 bits per heavy atom. The Bertz CT molecular complexity index is 1120. The molecule has 0 unspecified atom stereocenters. The average molecular weight is 408 g/mol. The van der Waals surface area contributed by atoms with Crippen molar-refractivity contribution in [1.82, 2.24) is 10.2 Å². The summed E-state index contributed by atoms with van der Waals surface area (Å²) in [5.74, 6) is -0.942. The molecule has 1 aliphatic heterocycles. The van der Waals surface area contributed by atoms with Crippen LogP contribution >= 0.6 is 11.6 Å². The van der Waals surface area contributed by atoms with Gasteiger partial charge in [0.05, 0.1) is 0 Å². The van der Waals surface area contributed by atoms with Gasteiger partial charge in [0.1, 0.15) is 12.1 Å². The van der Waals surface area contributed by atoms with Crippen molar-refractivity contribution in [1.29, 1.82) is 0 Å². The molecule has 6 nitrogen and oxygen atoms in total. The summed E-state index contributed by atoms with van der Waals surface area (Å²) in [7, 11) is 0. The van der Waals surface area contributed by atoms with Gasteiger partial charge in [-0.3, -0.25) is 14.5 Å². The van der Waals surface area contributed by atoms with Gasteiger partial charge in [0.15, 0.2) is 0 Å². The van der Waals surface area contributed by atoms with Crippen LogP contribution in [0.5, 0.6) is 0 Å². The number of fused-ring (bicyclic) bond motifs is 1. The lowest BCUT2D eigenvalue weighted by Gasteiger charge is -2.22. The Balaban J connectivity index is 1.53. The summed E-state index contributed by atoms with van der Waals surface area (Å²) in [6.45, 7) is 1.23. The fourth-order valence-electron chi connectivity index (χ4n) is 3.49. The highest BCUT2D eigenvalue weighted by atomic mass is 35.5. The molecule has 146 valence electrons. The summed E-state index contributed by atoms with van der Waals surface area (Å²) in [6, 6.07) is 19.3. The third-order valence-corrected chi connectivity index (χ3v) is 5.31. The lowest BCUT2D eigenvalue weighted by atomic mass is 9.92. The van der Waals surface area contributed by atoms with Crippen molar-refractivity contribution in [3.05, 3.63) is 77.3 Å². The minimum atomic E-state index is -1.25. The second kappa shape index (κ2) is 7.22. The molecule has 4 rings (SSSR count). The van der Waals surface area contributed by atoms with Crippen LogP contribution < -0.4 is 10.6 Å². The second-order valence-electron chi connectivity index (χ2n) is 7.03. The number of urea groups is 1. The molecular formula is C22H18ClN3O3. The number of nitrogens with zero attached hydrogens (tertiary/aromatic N) is 1. The van der Waals surface area contributed by atoms with Gasteiger partial charge in [0, 0.05) is 16.1 Å². The molecular weight excluding hydrogens is 390 g/mol. The van der Waals surface area contributed by atoms with E-state index in [9.17, 15) is 14.4 Å². The monoisotopic (exact) mass is 407 g/mol. The number of benzene rings is 3. The Kier molecular flexibility index (Phi) is 4.72. The summed E-state index contributed by atoms with van der Waals surface area (Å²) < 4.78 is 0. The number of imide groups is 1. The molecule has 3 aromatic carbocycles. The number of hydrogen-bond donors (Lipinski definition) is 2. The third kappa shape index (κ3) is 3.43. The summed E-state index contributed by atoms with van der Waals surface area (Å²) >= 11 is 5.91. The van der Waals surface area contributed by atoms with Crippen molar-refractivity contribution in [3.63, 3.8) is 0 Å². The van der Waals surface area contributed by atoms with Gasteiger partial charge < -0.3 is 10.6 Å². The number of nitrogens with one attached hydrogen (secondary N) is 2. The van der Waals surface area contributed by atoms with Crippen molar-refractivity contribution in [2.75, 3.05) is 11.9 Å². The number of carbonyl (C=O) groups excluding carboxylic acids is 3. The minimum absolute atomic E-state index is 0.378. The van der Waals surface area contributed by atoms with E-state index in [1.165, 1.54) is 0 Å². The predicted molar refractivity (Wildman–Crippen MR) is 112 cm³/mol. The number of carbonyl (C=O) groups is 3. The van der Waals surface area contributed by atoms with E-state index < -0.39 is 23.4 Å². The zero-order chi connectivity index (χ0) is 20.6. The highest BCUT2D eigenvalue weighted by molar-refractivity contribution is 6.30. The van der Waals surface area contributed by atoms with Gasteiger partial charge in [-0.15, -0.1) is 0 Å². The van der Waals surface area contributed by atoms with Gasteiger partial charge in [-0.2, -0.15) is 0 Å². The van der Waals surface area contributed by atoms with Gasteiger partial charge in [-0.1, -0.05) is 60.1 Å². The van der Waals surface area contributed by atoms with E-state index >= 15 is 0 Å². The normalized spacial score (nSPS) is 18.8. The van der Waals surface area contributed by atoms with Crippen LogP contribution in [0.15, 0.2) is 66.7 Å². The first-order chi connectivity index (χ1) is 13.9. The molecule has 2 N–H and O–H groups in total. The van der Waals surface area contributed by atoms with Crippen molar-refractivity contribution in [3.8, 4) is 0 Å². The molecule has 0 saturated carbocycles. The summed E-state index contributed by atoms with van der Waals surface area (Å²) in [5.41, 5.74) is -0.0284. The fourth-order valence-corrected chi connectivity index (χ4v) is 3.61. The molecule has 7 heteroatoms. The van der Waals surface area contributed by atoms with Crippen LogP contribution in [-0.2, 0) is 15.1 Å². The molecule has 1 aliphatic rings. The zero-order valence-corrected chi connectivity index (χ0v) is 16.4. The first-order valence-electron chi connectivity index (χ1n) is 9.06. The topological polar surface area (TPSA) is 78.5 Å². The molecule has 1 heterocycles. The first kappa shape index (κ1) is 19.0. The van der Waals surface area contributed by atoms with Gasteiger partial charge in [-0.05, 0) is 36.1 Å². The van der Waals surface area contributed by atoms with Gasteiger partial charge in [0.25, 0.3) is 5.91 Å². The van der Waals surface area contributed by atoms with E-state index in [1.54, 1.807) is 37.3 Å². The van der Waals surface area contributed by atoms with Crippen LogP contribution in [0.25, 0.3) is 10.8 Å². The SMILES string of the molecule is C[C@]1(c2ccc(Cl)cc2)NC(=O)N(CC(=O)Nc2cccc3ccccc23)C1=O. The Labute approximate surface area is 172 Å². The van der Waals surface area contributed by atoms with Crippen LogP contribution in [0.4, 0.5) is 10.5 Å². The predicted octanol–water partition coefficient (Wildman–Crippen LogP) is 3.90. The van der Waals surface area contributed by atoms with Crippen molar-refractivity contribution in [2.24, 2.45) is 0 Å². The van der Waals surface area contributed by atoms with Crippen LogP contribution in [0.2, 0.25) is 5.02 Å². The quantitative estimate of drug-likeness (QED) is 0.644. The Morgan fingerprint density at radius 2 is 1.72 bits per heavy atom. The first-order valence-corrected chi connectivity index (χ1v) is 9.44. The number of halogens is 1. The molecule has 1 atom stereocenters. The summed E-state index contributed by atoms with van der Waals surface area (Å²) in [5, 5.41) is 7.87. The molecule has 1 saturated heterocycles. The average Bonchev–Trinajstić information content (AvgIpc) is 2.92. The molecule has 29 heavy (non-hydrogen) atoms. The van der Waals surface area contributed by atoms with Crippen molar-refractivity contribution in [2.45, 2.75) is 12.5 Å². The molecule has 4 amide bonds. The number of rotatable bonds is 4. The highest BCUT2D eigenvalue weighted by Gasteiger charge is 2.49. The highest BCUT2D eigenvalue weighted by Crippen LogP contribution is 2.30. The molecule has 1 fully saturated rings.